The summed E-state index contributed by atoms with van der Waals surface area (Å²) >= 11 is 0. The molecular weight excluding hydrogens is 366 g/mol. The summed E-state index contributed by atoms with van der Waals surface area (Å²) in [4.78, 5) is 29.6. The van der Waals surface area contributed by atoms with Crippen LogP contribution in [0.1, 0.15) is 25.3 Å². The first kappa shape index (κ1) is 18.6. The van der Waals surface area contributed by atoms with Crippen LogP contribution in [-0.4, -0.2) is 25.2 Å². The monoisotopic (exact) mass is 387 g/mol. The Morgan fingerprint density at radius 2 is 1.90 bits per heavy atom. The fourth-order valence-electron chi connectivity index (χ4n) is 3.15. The zero-order chi connectivity index (χ0) is 20.4. The van der Waals surface area contributed by atoms with E-state index in [4.69, 9.17) is 0 Å². The summed E-state index contributed by atoms with van der Waals surface area (Å²) in [6.45, 7) is 4.07. The number of carbonyl (C=O) groups excluding carboxylic acids is 1. The van der Waals surface area contributed by atoms with Crippen molar-refractivity contribution in [2.45, 2.75) is 26.3 Å². The van der Waals surface area contributed by atoms with Crippen molar-refractivity contribution in [3.05, 3.63) is 83.0 Å². The molecule has 1 amide bonds. The molecule has 0 fully saturated rings. The molecule has 0 bridgehead atoms. The van der Waals surface area contributed by atoms with Gasteiger partial charge in [0, 0.05) is 5.69 Å². The molecule has 29 heavy (non-hydrogen) atoms. The van der Waals surface area contributed by atoms with E-state index in [9.17, 15) is 9.59 Å². The lowest BCUT2D eigenvalue weighted by atomic mass is 10.0. The summed E-state index contributed by atoms with van der Waals surface area (Å²) in [5.74, 6) is 0.0758. The standard InChI is InChI=1S/C22H21N5O2/c1-15(2)16-7-6-8-17(11-16)25-20(28)13-26-14-23-21-19(22(26)29)12-24-27(21)18-9-4-3-5-10-18/h3-12,14-15H,13H2,1-2H3,(H,25,28). The number of rotatable bonds is 5. The van der Waals surface area contributed by atoms with Gasteiger partial charge in [-0.25, -0.2) is 9.67 Å². The Morgan fingerprint density at radius 3 is 2.66 bits per heavy atom. The largest absolute Gasteiger partial charge is 0.325 e. The van der Waals surface area contributed by atoms with Crippen molar-refractivity contribution >= 4 is 22.6 Å². The molecule has 2 heterocycles. The fourth-order valence-corrected chi connectivity index (χ4v) is 3.15. The minimum atomic E-state index is -0.303. The molecule has 4 rings (SSSR count). The Bertz CT molecular complexity index is 1220. The van der Waals surface area contributed by atoms with Gasteiger partial charge in [-0.3, -0.25) is 14.2 Å². The number of para-hydroxylation sites is 1. The molecule has 1 N–H and O–H groups in total. The second-order valence-electron chi connectivity index (χ2n) is 7.14. The minimum absolute atomic E-state index is 0.121. The smallest absolute Gasteiger partial charge is 0.264 e. The number of fused-ring (bicyclic) bond motifs is 1. The lowest BCUT2D eigenvalue weighted by molar-refractivity contribution is -0.116. The molecule has 0 aliphatic rings. The van der Waals surface area contributed by atoms with Gasteiger partial charge in [-0.15, -0.1) is 0 Å². The fraction of sp³-hybridized carbons (Fsp3) is 0.182. The van der Waals surface area contributed by atoms with Crippen LogP contribution in [0.2, 0.25) is 0 Å². The van der Waals surface area contributed by atoms with Gasteiger partial charge in [0.1, 0.15) is 18.3 Å². The third-order valence-corrected chi connectivity index (χ3v) is 4.71. The average molecular weight is 387 g/mol. The van der Waals surface area contributed by atoms with Crippen LogP contribution in [0, 0.1) is 0 Å². The number of hydrogen-bond acceptors (Lipinski definition) is 4. The molecule has 7 heteroatoms. The first-order chi connectivity index (χ1) is 14.0. The maximum atomic E-state index is 12.8. The van der Waals surface area contributed by atoms with Crippen molar-refractivity contribution in [1.29, 1.82) is 0 Å². The van der Waals surface area contributed by atoms with E-state index in [0.29, 0.717) is 22.6 Å². The first-order valence-electron chi connectivity index (χ1n) is 9.41. The highest BCUT2D eigenvalue weighted by Crippen LogP contribution is 2.18. The highest BCUT2D eigenvalue weighted by molar-refractivity contribution is 5.90. The normalized spacial score (nSPS) is 11.1. The summed E-state index contributed by atoms with van der Waals surface area (Å²) in [5.41, 5.74) is 2.82. The number of anilines is 1. The third kappa shape index (κ3) is 3.80. The van der Waals surface area contributed by atoms with Crippen molar-refractivity contribution in [2.24, 2.45) is 0 Å². The van der Waals surface area contributed by atoms with Crippen molar-refractivity contribution in [1.82, 2.24) is 19.3 Å². The molecule has 4 aromatic rings. The van der Waals surface area contributed by atoms with Gasteiger partial charge in [0.25, 0.3) is 5.56 Å². The van der Waals surface area contributed by atoms with Crippen LogP contribution in [0.3, 0.4) is 0 Å². The molecule has 0 saturated carbocycles. The zero-order valence-corrected chi connectivity index (χ0v) is 16.2. The Hall–Kier alpha value is -3.74. The quantitative estimate of drug-likeness (QED) is 0.569. The van der Waals surface area contributed by atoms with Crippen LogP contribution in [-0.2, 0) is 11.3 Å². The van der Waals surface area contributed by atoms with Crippen LogP contribution in [0.25, 0.3) is 16.7 Å². The van der Waals surface area contributed by atoms with Crippen LogP contribution < -0.4 is 10.9 Å². The number of benzene rings is 2. The van der Waals surface area contributed by atoms with E-state index in [1.807, 2.05) is 54.6 Å². The number of nitrogens with zero attached hydrogens (tertiary/aromatic N) is 4. The van der Waals surface area contributed by atoms with Gasteiger partial charge < -0.3 is 5.32 Å². The molecule has 0 aliphatic heterocycles. The van der Waals surface area contributed by atoms with E-state index >= 15 is 0 Å². The van der Waals surface area contributed by atoms with E-state index in [0.717, 1.165) is 11.3 Å². The molecule has 0 saturated heterocycles. The number of hydrogen-bond donors (Lipinski definition) is 1. The maximum absolute atomic E-state index is 12.8. The van der Waals surface area contributed by atoms with Crippen molar-refractivity contribution in [2.75, 3.05) is 5.32 Å². The lowest BCUT2D eigenvalue weighted by Gasteiger charge is -2.10. The Morgan fingerprint density at radius 1 is 1.10 bits per heavy atom. The molecule has 2 aromatic heterocycles. The molecule has 0 radical (unpaired) electrons. The third-order valence-electron chi connectivity index (χ3n) is 4.71. The van der Waals surface area contributed by atoms with Crippen molar-refractivity contribution in [3.8, 4) is 5.69 Å². The van der Waals surface area contributed by atoms with Gasteiger partial charge in [0.2, 0.25) is 5.91 Å². The highest BCUT2D eigenvalue weighted by atomic mass is 16.2. The van der Waals surface area contributed by atoms with Crippen LogP contribution in [0.15, 0.2) is 71.9 Å². The topological polar surface area (TPSA) is 81.8 Å². The predicted molar refractivity (Wildman–Crippen MR) is 112 cm³/mol. The first-order valence-corrected chi connectivity index (χ1v) is 9.41. The van der Waals surface area contributed by atoms with E-state index in [2.05, 4.69) is 29.2 Å². The van der Waals surface area contributed by atoms with Gasteiger partial charge >= 0.3 is 0 Å². The summed E-state index contributed by atoms with van der Waals surface area (Å²) < 4.78 is 2.90. The lowest BCUT2D eigenvalue weighted by Crippen LogP contribution is -2.27. The Kier molecular flexibility index (Phi) is 4.95. The number of amides is 1. The minimum Gasteiger partial charge on any atom is -0.325 e. The molecule has 0 spiro atoms. The molecule has 146 valence electrons. The predicted octanol–water partition coefficient (Wildman–Crippen LogP) is 3.34. The highest BCUT2D eigenvalue weighted by Gasteiger charge is 2.13. The van der Waals surface area contributed by atoms with E-state index in [1.54, 1.807) is 4.68 Å². The molecule has 7 nitrogen and oxygen atoms in total. The van der Waals surface area contributed by atoms with E-state index < -0.39 is 0 Å². The van der Waals surface area contributed by atoms with Gasteiger partial charge in [0.15, 0.2) is 5.65 Å². The SMILES string of the molecule is CC(C)c1cccc(NC(=O)Cn2cnc3c(cnn3-c3ccccc3)c2=O)c1. The summed E-state index contributed by atoms with van der Waals surface area (Å²) in [6, 6.07) is 17.2. The van der Waals surface area contributed by atoms with Crippen LogP contribution in [0.4, 0.5) is 5.69 Å². The summed E-state index contributed by atoms with van der Waals surface area (Å²) in [5, 5.41) is 7.49. The van der Waals surface area contributed by atoms with Gasteiger partial charge in [-0.2, -0.15) is 5.10 Å². The molecule has 0 aliphatic carbocycles. The number of carbonyl (C=O) groups is 1. The van der Waals surface area contributed by atoms with Crippen LogP contribution >= 0.6 is 0 Å². The Labute approximate surface area is 167 Å². The Balaban J connectivity index is 1.57. The van der Waals surface area contributed by atoms with Gasteiger partial charge in [-0.1, -0.05) is 44.2 Å². The van der Waals surface area contributed by atoms with Gasteiger partial charge in [-0.05, 0) is 35.7 Å². The number of aromatic nitrogens is 4. The van der Waals surface area contributed by atoms with E-state index in [-0.39, 0.29) is 18.0 Å². The van der Waals surface area contributed by atoms with Crippen molar-refractivity contribution in [3.63, 3.8) is 0 Å². The zero-order valence-electron chi connectivity index (χ0n) is 16.2. The maximum Gasteiger partial charge on any atom is 0.264 e. The molecule has 0 unspecified atom stereocenters. The molecular formula is C22H21N5O2. The average Bonchev–Trinajstić information content (AvgIpc) is 3.16. The molecule has 0 atom stereocenters. The van der Waals surface area contributed by atoms with Crippen LogP contribution in [0.5, 0.6) is 0 Å². The summed E-state index contributed by atoms with van der Waals surface area (Å²) in [7, 11) is 0. The second-order valence-corrected chi connectivity index (χ2v) is 7.14. The van der Waals surface area contributed by atoms with Crippen molar-refractivity contribution < 1.29 is 4.79 Å². The molecule has 2 aromatic carbocycles. The van der Waals surface area contributed by atoms with E-state index in [1.165, 1.54) is 17.1 Å². The summed E-state index contributed by atoms with van der Waals surface area (Å²) in [6.07, 6.45) is 2.87. The van der Waals surface area contributed by atoms with Gasteiger partial charge in [0.05, 0.1) is 11.9 Å². The number of nitrogens with one attached hydrogen (secondary N) is 1. The second kappa shape index (κ2) is 7.71.